The SMILES string of the molecule is Cn1cc(B2OC(C)(C)C(C)(Cc3ccc(Cl)c4cc(C(F)F)c(Cl)nc34)O2)cn1. The van der Waals surface area contributed by atoms with E-state index in [9.17, 15) is 8.78 Å². The molecule has 3 aromatic rings. The normalized spacial score (nSPS) is 21.2. The number of aromatic nitrogens is 3. The zero-order valence-electron chi connectivity index (χ0n) is 16.9. The molecule has 10 heteroatoms. The van der Waals surface area contributed by atoms with Gasteiger partial charge in [-0.05, 0) is 38.5 Å². The van der Waals surface area contributed by atoms with Gasteiger partial charge in [0.2, 0.25) is 0 Å². The van der Waals surface area contributed by atoms with Gasteiger partial charge < -0.3 is 9.31 Å². The topological polar surface area (TPSA) is 49.2 Å². The Labute approximate surface area is 183 Å². The average molecular weight is 454 g/mol. The number of alkyl halides is 2. The number of hydrogen-bond acceptors (Lipinski definition) is 4. The maximum absolute atomic E-state index is 13.3. The summed E-state index contributed by atoms with van der Waals surface area (Å²) in [6.45, 7) is 5.87. The van der Waals surface area contributed by atoms with Crippen LogP contribution in [0.5, 0.6) is 0 Å². The van der Waals surface area contributed by atoms with Crippen molar-refractivity contribution in [2.75, 3.05) is 0 Å². The van der Waals surface area contributed by atoms with E-state index in [4.69, 9.17) is 32.5 Å². The molecular formula is C20H20BCl2F2N3O2. The minimum Gasteiger partial charge on any atom is -0.399 e. The van der Waals surface area contributed by atoms with Crippen molar-refractivity contribution in [2.45, 2.75) is 44.8 Å². The predicted molar refractivity (Wildman–Crippen MR) is 114 cm³/mol. The van der Waals surface area contributed by atoms with Crippen LogP contribution in [-0.2, 0) is 22.8 Å². The number of benzene rings is 1. The summed E-state index contributed by atoms with van der Waals surface area (Å²) in [5.74, 6) is 0. The molecule has 1 aromatic carbocycles. The van der Waals surface area contributed by atoms with E-state index in [0.717, 1.165) is 11.0 Å². The third-order valence-electron chi connectivity index (χ3n) is 5.80. The van der Waals surface area contributed by atoms with Gasteiger partial charge in [-0.2, -0.15) is 5.10 Å². The first-order valence-electron chi connectivity index (χ1n) is 9.40. The summed E-state index contributed by atoms with van der Waals surface area (Å²) < 4.78 is 40.8. The van der Waals surface area contributed by atoms with Crippen LogP contribution in [0.3, 0.4) is 0 Å². The lowest BCUT2D eigenvalue weighted by atomic mass is 9.81. The molecule has 0 N–H and O–H groups in total. The standard InChI is InChI=1S/C20H20BCl2F2N3O2/c1-19(2)20(3,30-21(29-19)12-9-26-28(4)10-12)8-11-5-6-15(22)13-7-14(18(24)25)17(23)27-16(11)13/h5-7,9-10,18H,8H2,1-4H3. The molecule has 4 rings (SSSR count). The van der Waals surface area contributed by atoms with E-state index in [2.05, 4.69) is 10.1 Å². The third-order valence-corrected chi connectivity index (χ3v) is 6.43. The smallest absolute Gasteiger partial charge is 0.399 e. The van der Waals surface area contributed by atoms with Crippen LogP contribution in [0.15, 0.2) is 30.6 Å². The van der Waals surface area contributed by atoms with Crippen molar-refractivity contribution in [3.05, 3.63) is 51.9 Å². The lowest BCUT2D eigenvalue weighted by Crippen LogP contribution is -2.46. The second-order valence-corrected chi connectivity index (χ2v) is 8.97. The van der Waals surface area contributed by atoms with Gasteiger partial charge in [0.1, 0.15) is 5.15 Å². The van der Waals surface area contributed by atoms with Gasteiger partial charge in [-0.25, -0.2) is 13.8 Å². The van der Waals surface area contributed by atoms with Crippen LogP contribution in [0, 0.1) is 0 Å². The van der Waals surface area contributed by atoms with Gasteiger partial charge in [0.15, 0.2) is 0 Å². The zero-order valence-corrected chi connectivity index (χ0v) is 18.4. The number of halogens is 4. The summed E-state index contributed by atoms with van der Waals surface area (Å²) in [5.41, 5.74) is 0.353. The summed E-state index contributed by atoms with van der Waals surface area (Å²) in [5, 5.41) is 4.71. The van der Waals surface area contributed by atoms with E-state index < -0.39 is 24.7 Å². The van der Waals surface area contributed by atoms with Crippen molar-refractivity contribution in [3.63, 3.8) is 0 Å². The summed E-state index contributed by atoms with van der Waals surface area (Å²) in [4.78, 5) is 4.25. The molecule has 0 spiro atoms. The van der Waals surface area contributed by atoms with E-state index in [1.807, 2.05) is 40.1 Å². The molecule has 3 heterocycles. The van der Waals surface area contributed by atoms with Gasteiger partial charge in [-0.15, -0.1) is 0 Å². The van der Waals surface area contributed by atoms with Crippen molar-refractivity contribution in [1.82, 2.24) is 14.8 Å². The highest BCUT2D eigenvalue weighted by molar-refractivity contribution is 6.62. The van der Waals surface area contributed by atoms with E-state index in [0.29, 0.717) is 22.3 Å². The molecule has 0 amide bonds. The Morgan fingerprint density at radius 1 is 1.20 bits per heavy atom. The number of nitrogens with zero attached hydrogens (tertiary/aromatic N) is 3. The Balaban J connectivity index is 1.74. The van der Waals surface area contributed by atoms with Gasteiger partial charge in [0, 0.05) is 41.7 Å². The molecule has 158 valence electrons. The quantitative estimate of drug-likeness (QED) is 0.423. The summed E-state index contributed by atoms with van der Waals surface area (Å²) >= 11 is 12.3. The first-order valence-corrected chi connectivity index (χ1v) is 10.2. The van der Waals surface area contributed by atoms with E-state index in [-0.39, 0.29) is 10.7 Å². The van der Waals surface area contributed by atoms with Crippen molar-refractivity contribution in [2.24, 2.45) is 7.05 Å². The fourth-order valence-electron chi connectivity index (χ4n) is 3.68. The Kier molecular flexibility index (Phi) is 5.33. The summed E-state index contributed by atoms with van der Waals surface area (Å²) in [6, 6.07) is 4.80. The van der Waals surface area contributed by atoms with Gasteiger partial charge in [-0.3, -0.25) is 4.68 Å². The van der Waals surface area contributed by atoms with Crippen molar-refractivity contribution < 1.29 is 18.1 Å². The number of hydrogen-bond donors (Lipinski definition) is 0. The molecule has 0 bridgehead atoms. The highest BCUT2D eigenvalue weighted by atomic mass is 35.5. The lowest BCUT2D eigenvalue weighted by molar-refractivity contribution is -0.00856. The van der Waals surface area contributed by atoms with Crippen LogP contribution < -0.4 is 5.46 Å². The minimum atomic E-state index is -2.74. The fourth-order valence-corrected chi connectivity index (χ4v) is 4.11. The van der Waals surface area contributed by atoms with Crippen LogP contribution in [0.25, 0.3) is 10.9 Å². The highest BCUT2D eigenvalue weighted by Crippen LogP contribution is 2.41. The second kappa shape index (κ2) is 7.44. The van der Waals surface area contributed by atoms with E-state index >= 15 is 0 Å². The first-order chi connectivity index (χ1) is 14.0. The summed E-state index contributed by atoms with van der Waals surface area (Å²) in [6.07, 6.45) is 1.23. The molecule has 2 aromatic heterocycles. The zero-order chi connectivity index (χ0) is 21.8. The van der Waals surface area contributed by atoms with Crippen LogP contribution in [0.2, 0.25) is 10.2 Å². The predicted octanol–water partition coefficient (Wildman–Crippen LogP) is 4.73. The van der Waals surface area contributed by atoms with Crippen molar-refractivity contribution in [1.29, 1.82) is 0 Å². The van der Waals surface area contributed by atoms with Crippen LogP contribution >= 0.6 is 23.2 Å². The van der Waals surface area contributed by atoms with Crippen LogP contribution in [0.1, 0.15) is 38.3 Å². The molecule has 1 aliphatic heterocycles. The fraction of sp³-hybridized carbons (Fsp3) is 0.400. The Morgan fingerprint density at radius 3 is 2.57 bits per heavy atom. The molecule has 1 saturated heterocycles. The lowest BCUT2D eigenvalue weighted by Gasteiger charge is -2.36. The van der Waals surface area contributed by atoms with Crippen molar-refractivity contribution in [3.8, 4) is 0 Å². The number of pyridine rings is 1. The average Bonchev–Trinajstić information content (AvgIpc) is 3.18. The van der Waals surface area contributed by atoms with Gasteiger partial charge in [-0.1, -0.05) is 29.3 Å². The maximum Gasteiger partial charge on any atom is 0.498 e. The molecular weight excluding hydrogens is 434 g/mol. The first kappa shape index (κ1) is 21.5. The molecule has 30 heavy (non-hydrogen) atoms. The molecule has 5 nitrogen and oxygen atoms in total. The minimum absolute atomic E-state index is 0.234. The van der Waals surface area contributed by atoms with E-state index in [1.165, 1.54) is 6.07 Å². The van der Waals surface area contributed by atoms with E-state index in [1.54, 1.807) is 16.9 Å². The maximum atomic E-state index is 13.3. The molecule has 1 atom stereocenters. The monoisotopic (exact) mass is 453 g/mol. The number of fused-ring (bicyclic) bond motifs is 1. The van der Waals surface area contributed by atoms with Gasteiger partial charge in [0.05, 0.1) is 22.3 Å². The molecule has 1 fully saturated rings. The molecule has 0 radical (unpaired) electrons. The molecule has 1 unspecified atom stereocenters. The molecule has 0 aliphatic carbocycles. The number of rotatable bonds is 4. The molecule has 1 aliphatic rings. The van der Waals surface area contributed by atoms with Gasteiger partial charge >= 0.3 is 7.12 Å². The second-order valence-electron chi connectivity index (χ2n) is 8.20. The van der Waals surface area contributed by atoms with Gasteiger partial charge in [0.25, 0.3) is 6.43 Å². The van der Waals surface area contributed by atoms with Crippen molar-refractivity contribution >= 4 is 46.7 Å². The highest BCUT2D eigenvalue weighted by Gasteiger charge is 2.55. The largest absolute Gasteiger partial charge is 0.498 e. The Morgan fingerprint density at radius 2 is 1.93 bits per heavy atom. The number of aryl methyl sites for hydroxylation is 1. The Hall–Kier alpha value is -1.74. The summed E-state index contributed by atoms with van der Waals surface area (Å²) in [7, 11) is 1.25. The Bertz CT molecular complexity index is 1120. The molecule has 0 saturated carbocycles. The van der Waals surface area contributed by atoms with Crippen LogP contribution in [-0.4, -0.2) is 33.1 Å². The third kappa shape index (κ3) is 3.60. The van der Waals surface area contributed by atoms with Crippen LogP contribution in [0.4, 0.5) is 8.78 Å².